The van der Waals surface area contributed by atoms with Crippen molar-refractivity contribution in [3.63, 3.8) is 0 Å². The first kappa shape index (κ1) is 16.3. The van der Waals surface area contributed by atoms with Gasteiger partial charge in [-0.3, -0.25) is 4.79 Å². The maximum Gasteiger partial charge on any atom is 0.287 e. The van der Waals surface area contributed by atoms with Crippen molar-refractivity contribution in [2.45, 2.75) is 26.4 Å². The molecule has 1 unspecified atom stereocenters. The van der Waals surface area contributed by atoms with Crippen LogP contribution in [0.2, 0.25) is 0 Å². The molecule has 0 aliphatic rings. The van der Waals surface area contributed by atoms with Crippen LogP contribution in [0, 0.1) is 19.7 Å². The van der Waals surface area contributed by atoms with Crippen LogP contribution in [-0.2, 0) is 5.60 Å². The van der Waals surface area contributed by atoms with Crippen molar-refractivity contribution in [3.05, 3.63) is 59.0 Å². The van der Waals surface area contributed by atoms with E-state index in [9.17, 15) is 14.3 Å². The predicted molar refractivity (Wildman–Crippen MR) is 86.3 cm³/mol. The number of aliphatic hydroxyl groups is 1. The van der Waals surface area contributed by atoms with Crippen LogP contribution in [0.3, 0.4) is 0 Å². The van der Waals surface area contributed by atoms with Gasteiger partial charge in [-0.1, -0.05) is 0 Å². The summed E-state index contributed by atoms with van der Waals surface area (Å²) in [6, 6.07) is 7.24. The van der Waals surface area contributed by atoms with Crippen LogP contribution in [0.4, 0.5) is 4.39 Å². The van der Waals surface area contributed by atoms with Crippen molar-refractivity contribution in [1.29, 1.82) is 0 Å². The maximum absolute atomic E-state index is 13.2. The molecule has 3 aromatic rings. The number of amides is 1. The van der Waals surface area contributed by atoms with Crippen molar-refractivity contribution in [2.24, 2.45) is 0 Å². The Morgan fingerprint density at radius 1 is 1.25 bits per heavy atom. The Kier molecular flexibility index (Phi) is 3.93. The first-order valence-corrected chi connectivity index (χ1v) is 7.53. The van der Waals surface area contributed by atoms with Crippen LogP contribution in [-0.4, -0.2) is 17.6 Å². The van der Waals surface area contributed by atoms with Gasteiger partial charge in [-0.05, 0) is 51.1 Å². The SMILES string of the molecule is Cc1cc(C(C)(O)CNC(=O)c2cc3cc(F)ccc3o2)c(C)o1. The van der Waals surface area contributed by atoms with Crippen LogP contribution in [0.1, 0.15) is 34.6 Å². The highest BCUT2D eigenvalue weighted by molar-refractivity contribution is 5.96. The highest BCUT2D eigenvalue weighted by atomic mass is 19.1. The molecule has 1 aromatic carbocycles. The number of carbonyl (C=O) groups is 1. The van der Waals surface area contributed by atoms with E-state index < -0.39 is 17.3 Å². The quantitative estimate of drug-likeness (QED) is 0.768. The van der Waals surface area contributed by atoms with Crippen LogP contribution in [0.15, 0.2) is 39.2 Å². The maximum atomic E-state index is 13.2. The minimum absolute atomic E-state index is 0.0168. The Balaban J connectivity index is 1.75. The van der Waals surface area contributed by atoms with Gasteiger partial charge in [-0.25, -0.2) is 4.39 Å². The van der Waals surface area contributed by atoms with Gasteiger partial charge in [0.1, 0.15) is 28.5 Å². The Morgan fingerprint density at radius 3 is 2.67 bits per heavy atom. The highest BCUT2D eigenvalue weighted by Gasteiger charge is 2.28. The Bertz CT molecular complexity index is 907. The second-order valence-electron chi connectivity index (χ2n) is 6.08. The zero-order valence-corrected chi connectivity index (χ0v) is 13.6. The van der Waals surface area contributed by atoms with Crippen LogP contribution in [0.5, 0.6) is 0 Å². The Labute approximate surface area is 138 Å². The zero-order valence-electron chi connectivity index (χ0n) is 13.6. The fourth-order valence-corrected chi connectivity index (χ4v) is 2.73. The second kappa shape index (κ2) is 5.79. The molecule has 0 bridgehead atoms. The minimum Gasteiger partial charge on any atom is -0.466 e. The van der Waals surface area contributed by atoms with E-state index >= 15 is 0 Å². The van der Waals surface area contributed by atoms with E-state index in [1.165, 1.54) is 24.3 Å². The molecular formula is C18H18FNO4. The van der Waals surface area contributed by atoms with E-state index in [-0.39, 0.29) is 12.3 Å². The fraction of sp³-hybridized carbons (Fsp3) is 0.278. The van der Waals surface area contributed by atoms with Crippen molar-refractivity contribution in [1.82, 2.24) is 5.32 Å². The third-order valence-electron chi connectivity index (χ3n) is 3.92. The second-order valence-corrected chi connectivity index (χ2v) is 6.08. The molecule has 5 nitrogen and oxygen atoms in total. The molecule has 24 heavy (non-hydrogen) atoms. The summed E-state index contributed by atoms with van der Waals surface area (Å²) in [6.07, 6.45) is 0. The molecule has 1 atom stereocenters. The third-order valence-corrected chi connectivity index (χ3v) is 3.92. The van der Waals surface area contributed by atoms with Crippen LogP contribution < -0.4 is 5.32 Å². The number of carbonyl (C=O) groups excluding carboxylic acids is 1. The molecule has 1 amide bonds. The standard InChI is InChI=1S/C18H18FNO4/c1-10-6-14(11(2)23-10)18(3,22)9-20-17(21)16-8-12-7-13(19)4-5-15(12)24-16/h4-8,22H,9H2,1-3H3,(H,20,21). The minimum atomic E-state index is -1.28. The van der Waals surface area contributed by atoms with Gasteiger partial charge in [0.25, 0.3) is 5.91 Å². The summed E-state index contributed by atoms with van der Waals surface area (Å²) < 4.78 is 24.0. The molecule has 0 spiro atoms. The van der Waals surface area contributed by atoms with Crippen molar-refractivity contribution < 1.29 is 23.1 Å². The van der Waals surface area contributed by atoms with Crippen LogP contribution in [0.25, 0.3) is 11.0 Å². The van der Waals surface area contributed by atoms with E-state index in [4.69, 9.17) is 8.83 Å². The number of nitrogens with one attached hydrogen (secondary N) is 1. The summed E-state index contributed by atoms with van der Waals surface area (Å²) in [5, 5.41) is 13.7. The molecule has 0 radical (unpaired) electrons. The number of hydrogen-bond donors (Lipinski definition) is 2. The monoisotopic (exact) mass is 331 g/mol. The topological polar surface area (TPSA) is 75.6 Å². The molecule has 3 rings (SSSR count). The predicted octanol–water partition coefficient (Wildman–Crippen LogP) is 3.42. The first-order valence-electron chi connectivity index (χ1n) is 7.53. The summed E-state index contributed by atoms with van der Waals surface area (Å²) in [5.74, 6) is 0.472. The number of halogens is 1. The van der Waals surface area contributed by atoms with Gasteiger partial charge < -0.3 is 19.3 Å². The summed E-state index contributed by atoms with van der Waals surface area (Å²) in [7, 11) is 0. The Hall–Kier alpha value is -2.60. The molecular weight excluding hydrogens is 313 g/mol. The van der Waals surface area contributed by atoms with Gasteiger partial charge in [0.2, 0.25) is 0 Å². The summed E-state index contributed by atoms with van der Waals surface area (Å²) in [6.45, 7) is 5.13. The molecule has 2 heterocycles. The summed E-state index contributed by atoms with van der Waals surface area (Å²) in [5.41, 5.74) is -0.239. The van der Waals surface area contributed by atoms with Gasteiger partial charge in [0, 0.05) is 10.9 Å². The smallest absolute Gasteiger partial charge is 0.287 e. The molecule has 0 fully saturated rings. The van der Waals surface area contributed by atoms with Gasteiger partial charge in [-0.2, -0.15) is 0 Å². The van der Waals surface area contributed by atoms with Crippen LogP contribution >= 0.6 is 0 Å². The fourth-order valence-electron chi connectivity index (χ4n) is 2.73. The number of hydrogen-bond acceptors (Lipinski definition) is 4. The van der Waals surface area contributed by atoms with Gasteiger partial charge in [0.15, 0.2) is 5.76 Å². The average Bonchev–Trinajstić information content (AvgIpc) is 3.07. The average molecular weight is 331 g/mol. The molecule has 0 aliphatic carbocycles. The lowest BCUT2D eigenvalue weighted by Gasteiger charge is -2.23. The number of aryl methyl sites for hydroxylation is 2. The third kappa shape index (κ3) is 3.05. The van der Waals surface area contributed by atoms with Crippen molar-refractivity contribution in [2.75, 3.05) is 6.54 Å². The van der Waals surface area contributed by atoms with E-state index in [0.717, 1.165) is 0 Å². The molecule has 0 saturated heterocycles. The number of rotatable bonds is 4. The number of benzene rings is 1. The molecule has 2 aromatic heterocycles. The van der Waals surface area contributed by atoms with Gasteiger partial charge in [-0.15, -0.1) is 0 Å². The number of furan rings is 2. The lowest BCUT2D eigenvalue weighted by atomic mass is 9.96. The van der Waals surface area contributed by atoms with Gasteiger partial charge in [0.05, 0.1) is 6.54 Å². The summed E-state index contributed by atoms with van der Waals surface area (Å²) in [4.78, 5) is 12.2. The molecule has 126 valence electrons. The van der Waals surface area contributed by atoms with E-state index in [0.29, 0.717) is 28.1 Å². The highest BCUT2D eigenvalue weighted by Crippen LogP contribution is 2.26. The Morgan fingerprint density at radius 2 is 2.00 bits per heavy atom. The van der Waals surface area contributed by atoms with Crippen molar-refractivity contribution >= 4 is 16.9 Å². The lowest BCUT2D eigenvalue weighted by Crippen LogP contribution is -2.38. The molecule has 0 saturated carbocycles. The van der Waals surface area contributed by atoms with E-state index in [1.54, 1.807) is 26.8 Å². The normalized spacial score (nSPS) is 13.9. The summed E-state index contributed by atoms with van der Waals surface area (Å²) >= 11 is 0. The lowest BCUT2D eigenvalue weighted by molar-refractivity contribution is 0.0507. The van der Waals surface area contributed by atoms with Gasteiger partial charge >= 0.3 is 0 Å². The largest absolute Gasteiger partial charge is 0.466 e. The molecule has 0 aliphatic heterocycles. The number of fused-ring (bicyclic) bond motifs is 1. The van der Waals surface area contributed by atoms with Crippen molar-refractivity contribution in [3.8, 4) is 0 Å². The first-order chi connectivity index (χ1) is 11.3. The van der Waals surface area contributed by atoms with E-state index in [2.05, 4.69) is 5.32 Å². The molecule has 2 N–H and O–H groups in total. The van der Waals surface area contributed by atoms with E-state index in [1.807, 2.05) is 0 Å². The molecule has 6 heteroatoms. The zero-order chi connectivity index (χ0) is 17.5.